The molecule has 0 saturated carbocycles. The number of hydrogen-bond donors (Lipinski definition) is 1. The van der Waals surface area contributed by atoms with Crippen molar-refractivity contribution < 1.29 is 9.53 Å². The predicted octanol–water partition coefficient (Wildman–Crippen LogP) is 3.46. The van der Waals surface area contributed by atoms with Gasteiger partial charge in [0.2, 0.25) is 5.91 Å². The second kappa shape index (κ2) is 10.1. The van der Waals surface area contributed by atoms with E-state index >= 15 is 0 Å². The maximum atomic E-state index is 11.9. The normalized spacial score (nSPS) is 17.9. The number of nitrogens with two attached hydrogens (primary N) is 1. The van der Waals surface area contributed by atoms with Crippen molar-refractivity contribution in [2.24, 2.45) is 0 Å². The molecule has 6 nitrogen and oxygen atoms in total. The number of para-hydroxylation sites is 1. The highest BCUT2D eigenvalue weighted by Crippen LogP contribution is 2.35. The van der Waals surface area contributed by atoms with Crippen LogP contribution in [0.4, 0.5) is 11.4 Å². The first-order valence-corrected chi connectivity index (χ1v) is 11.8. The standard InChI is InChI=1S/C25H33ClN4O2/c1-18(15-20-16-21-7-8-30(19(2)31)25(21)23(27)17-20)29-11-9-28(10-12-29)13-14-32-24-6-4-3-5-22(24)26/h3-6,16-18H,7-15,27H2,1-2H3. The molecule has 0 bridgehead atoms. The zero-order valence-corrected chi connectivity index (χ0v) is 19.8. The molecule has 2 aromatic rings. The van der Waals surface area contributed by atoms with Crippen LogP contribution < -0.4 is 15.4 Å². The first-order valence-electron chi connectivity index (χ1n) is 11.5. The van der Waals surface area contributed by atoms with Gasteiger partial charge in [-0.25, -0.2) is 0 Å². The smallest absolute Gasteiger partial charge is 0.223 e. The van der Waals surface area contributed by atoms with Crippen LogP contribution in [0.15, 0.2) is 36.4 Å². The summed E-state index contributed by atoms with van der Waals surface area (Å²) in [4.78, 5) is 18.7. The molecule has 1 saturated heterocycles. The Morgan fingerprint density at radius 2 is 1.91 bits per heavy atom. The number of amides is 1. The number of carbonyl (C=O) groups excluding carboxylic acids is 1. The molecule has 0 aliphatic carbocycles. The Hall–Kier alpha value is -2.28. The summed E-state index contributed by atoms with van der Waals surface area (Å²) in [7, 11) is 0. The van der Waals surface area contributed by atoms with Gasteiger partial charge in [-0.1, -0.05) is 29.8 Å². The maximum absolute atomic E-state index is 11.9. The number of hydrogen-bond acceptors (Lipinski definition) is 5. The fraction of sp³-hybridized carbons (Fsp3) is 0.480. The molecule has 1 amide bonds. The SMILES string of the molecule is CC(=O)N1CCc2cc(CC(C)N3CCN(CCOc4ccccc4Cl)CC3)cc(N)c21. The van der Waals surface area contributed by atoms with Crippen molar-refractivity contribution in [1.82, 2.24) is 9.80 Å². The number of piperazine rings is 1. The van der Waals surface area contributed by atoms with E-state index in [2.05, 4.69) is 28.9 Å². The summed E-state index contributed by atoms with van der Waals surface area (Å²) < 4.78 is 5.84. The number of nitrogen functional groups attached to an aromatic ring is 1. The van der Waals surface area contributed by atoms with Gasteiger partial charge in [0.25, 0.3) is 0 Å². The Labute approximate surface area is 195 Å². The van der Waals surface area contributed by atoms with E-state index in [9.17, 15) is 4.79 Å². The molecule has 2 aromatic carbocycles. The third-order valence-corrected chi connectivity index (χ3v) is 6.91. The lowest BCUT2D eigenvalue weighted by atomic mass is 10.00. The number of rotatable bonds is 7. The second-order valence-electron chi connectivity index (χ2n) is 8.82. The Kier molecular flexibility index (Phi) is 7.23. The van der Waals surface area contributed by atoms with Crippen LogP contribution >= 0.6 is 11.6 Å². The van der Waals surface area contributed by atoms with Gasteiger partial charge in [0.1, 0.15) is 12.4 Å². The second-order valence-corrected chi connectivity index (χ2v) is 9.23. The highest BCUT2D eigenvalue weighted by atomic mass is 35.5. The fourth-order valence-electron chi connectivity index (χ4n) is 4.83. The summed E-state index contributed by atoms with van der Waals surface area (Å²) >= 11 is 6.16. The molecule has 2 aliphatic heterocycles. The Bertz CT molecular complexity index is 959. The van der Waals surface area contributed by atoms with Gasteiger partial charge >= 0.3 is 0 Å². The molecule has 32 heavy (non-hydrogen) atoms. The fourth-order valence-corrected chi connectivity index (χ4v) is 5.02. The van der Waals surface area contributed by atoms with E-state index in [0.717, 1.165) is 69.2 Å². The maximum Gasteiger partial charge on any atom is 0.223 e. The van der Waals surface area contributed by atoms with Crippen LogP contribution in [-0.2, 0) is 17.6 Å². The van der Waals surface area contributed by atoms with Gasteiger partial charge in [-0.2, -0.15) is 0 Å². The monoisotopic (exact) mass is 456 g/mol. The van der Waals surface area contributed by atoms with Gasteiger partial charge in [0, 0.05) is 52.2 Å². The van der Waals surface area contributed by atoms with Crippen LogP contribution in [0.3, 0.4) is 0 Å². The molecule has 2 N–H and O–H groups in total. The molecule has 2 heterocycles. The zero-order valence-electron chi connectivity index (χ0n) is 19.0. The van der Waals surface area contributed by atoms with Gasteiger partial charge < -0.3 is 15.4 Å². The molecule has 172 valence electrons. The summed E-state index contributed by atoms with van der Waals surface area (Å²) in [6.07, 6.45) is 1.85. The molecular formula is C25H33ClN4O2. The zero-order chi connectivity index (χ0) is 22.7. The van der Waals surface area contributed by atoms with E-state index in [0.29, 0.717) is 17.7 Å². The minimum atomic E-state index is 0.0618. The summed E-state index contributed by atoms with van der Waals surface area (Å²) in [6, 6.07) is 12.4. The summed E-state index contributed by atoms with van der Waals surface area (Å²) in [5, 5.41) is 0.660. The van der Waals surface area contributed by atoms with Gasteiger partial charge in [0.05, 0.1) is 16.4 Å². The van der Waals surface area contributed by atoms with E-state index in [-0.39, 0.29) is 5.91 Å². The summed E-state index contributed by atoms with van der Waals surface area (Å²) in [5.74, 6) is 0.813. The van der Waals surface area contributed by atoms with Gasteiger partial charge in [-0.3, -0.25) is 14.6 Å². The number of nitrogens with zero attached hydrogens (tertiary/aromatic N) is 3. The highest BCUT2D eigenvalue weighted by Gasteiger charge is 2.26. The van der Waals surface area contributed by atoms with Crippen LogP contribution in [0.2, 0.25) is 5.02 Å². The summed E-state index contributed by atoms with van der Waals surface area (Å²) in [5.41, 5.74) is 10.4. The molecule has 1 fully saturated rings. The average molecular weight is 457 g/mol. The molecule has 0 spiro atoms. The lowest BCUT2D eigenvalue weighted by molar-refractivity contribution is -0.116. The van der Waals surface area contributed by atoms with Crippen molar-refractivity contribution in [3.05, 3.63) is 52.5 Å². The number of carbonyl (C=O) groups is 1. The topological polar surface area (TPSA) is 62.0 Å². The molecule has 2 aliphatic rings. The van der Waals surface area contributed by atoms with Crippen molar-refractivity contribution in [3.8, 4) is 5.75 Å². The van der Waals surface area contributed by atoms with Crippen LogP contribution in [0.5, 0.6) is 5.75 Å². The van der Waals surface area contributed by atoms with Crippen molar-refractivity contribution in [3.63, 3.8) is 0 Å². The Morgan fingerprint density at radius 3 is 2.62 bits per heavy atom. The summed E-state index contributed by atoms with van der Waals surface area (Å²) in [6.45, 7) is 10.3. The molecule has 0 radical (unpaired) electrons. The van der Waals surface area contributed by atoms with Crippen molar-refractivity contribution in [2.75, 3.05) is 56.5 Å². The number of fused-ring (bicyclic) bond motifs is 1. The molecule has 7 heteroatoms. The predicted molar refractivity (Wildman–Crippen MR) is 131 cm³/mol. The lowest BCUT2D eigenvalue weighted by Crippen LogP contribution is -2.50. The molecule has 1 atom stereocenters. The van der Waals surface area contributed by atoms with E-state index in [1.54, 1.807) is 11.8 Å². The molecule has 4 rings (SSSR count). The number of benzene rings is 2. The molecule has 1 unspecified atom stereocenters. The minimum absolute atomic E-state index is 0.0618. The largest absolute Gasteiger partial charge is 0.491 e. The van der Waals surface area contributed by atoms with E-state index in [1.165, 1.54) is 11.1 Å². The number of halogens is 1. The average Bonchev–Trinajstić information content (AvgIpc) is 3.20. The van der Waals surface area contributed by atoms with Crippen molar-refractivity contribution >= 4 is 28.9 Å². The third-order valence-electron chi connectivity index (χ3n) is 6.60. The third kappa shape index (κ3) is 5.20. The Morgan fingerprint density at radius 1 is 1.16 bits per heavy atom. The highest BCUT2D eigenvalue weighted by molar-refractivity contribution is 6.32. The van der Waals surface area contributed by atoms with Crippen LogP contribution in [0.1, 0.15) is 25.0 Å². The van der Waals surface area contributed by atoms with E-state index in [1.807, 2.05) is 24.3 Å². The Balaban J connectivity index is 1.25. The van der Waals surface area contributed by atoms with E-state index < -0.39 is 0 Å². The number of anilines is 2. The first kappa shape index (κ1) is 22.9. The minimum Gasteiger partial charge on any atom is -0.491 e. The molecular weight excluding hydrogens is 424 g/mol. The van der Waals surface area contributed by atoms with Crippen LogP contribution in [0, 0.1) is 0 Å². The van der Waals surface area contributed by atoms with Crippen LogP contribution in [0.25, 0.3) is 0 Å². The number of ether oxygens (including phenoxy) is 1. The quantitative estimate of drug-likeness (QED) is 0.646. The van der Waals surface area contributed by atoms with E-state index in [4.69, 9.17) is 22.1 Å². The first-order chi connectivity index (χ1) is 15.4. The van der Waals surface area contributed by atoms with Crippen molar-refractivity contribution in [2.45, 2.75) is 32.7 Å². The van der Waals surface area contributed by atoms with Crippen LogP contribution in [-0.4, -0.2) is 67.6 Å². The van der Waals surface area contributed by atoms with Gasteiger partial charge in [-0.05, 0) is 49.1 Å². The van der Waals surface area contributed by atoms with Gasteiger partial charge in [-0.15, -0.1) is 0 Å². The lowest BCUT2D eigenvalue weighted by Gasteiger charge is -2.38. The van der Waals surface area contributed by atoms with Gasteiger partial charge in [0.15, 0.2) is 0 Å². The van der Waals surface area contributed by atoms with Crippen molar-refractivity contribution in [1.29, 1.82) is 0 Å². The molecule has 0 aromatic heterocycles.